The molecule has 19 heavy (non-hydrogen) atoms. The van der Waals surface area contributed by atoms with Gasteiger partial charge in [-0.1, -0.05) is 12.1 Å². The van der Waals surface area contributed by atoms with Crippen molar-refractivity contribution in [2.75, 3.05) is 13.7 Å². The third-order valence-corrected chi connectivity index (χ3v) is 2.71. The van der Waals surface area contributed by atoms with E-state index >= 15 is 0 Å². The van der Waals surface area contributed by atoms with Crippen LogP contribution in [0.15, 0.2) is 47.1 Å². The monoisotopic (exact) mass is 263 g/mol. The molecule has 1 heterocycles. The Hall–Kier alpha value is -2.14. The second-order valence-electron chi connectivity index (χ2n) is 3.93. The summed E-state index contributed by atoms with van der Waals surface area (Å²) in [7, 11) is 1.52. The summed E-state index contributed by atoms with van der Waals surface area (Å²) in [5.74, 6) is -0.421. The van der Waals surface area contributed by atoms with Gasteiger partial charge in [0.15, 0.2) is 0 Å². The summed E-state index contributed by atoms with van der Waals surface area (Å²) in [6, 6.07) is 9.31. The molecule has 0 unspecified atom stereocenters. The average molecular weight is 263 g/mol. The van der Waals surface area contributed by atoms with Crippen LogP contribution in [0.4, 0.5) is 4.39 Å². The first-order valence-corrected chi connectivity index (χ1v) is 5.81. The maximum absolute atomic E-state index is 13.4. The van der Waals surface area contributed by atoms with E-state index in [1.54, 1.807) is 18.2 Å². The minimum absolute atomic E-state index is 0.0109. The third-order valence-electron chi connectivity index (χ3n) is 2.71. The summed E-state index contributed by atoms with van der Waals surface area (Å²) in [5, 5.41) is 2.62. The highest BCUT2D eigenvalue weighted by Gasteiger charge is 2.16. The fraction of sp³-hybridized carbons (Fsp3) is 0.214. The molecular weight excluding hydrogens is 249 g/mol. The number of carbonyl (C=O) groups is 1. The van der Waals surface area contributed by atoms with E-state index in [4.69, 9.17) is 9.15 Å². The van der Waals surface area contributed by atoms with Crippen LogP contribution in [-0.2, 0) is 4.74 Å². The van der Waals surface area contributed by atoms with Gasteiger partial charge >= 0.3 is 0 Å². The molecule has 100 valence electrons. The zero-order chi connectivity index (χ0) is 13.7. The normalized spacial score (nSPS) is 12.1. The Bertz CT molecular complexity index is 539. The Kier molecular flexibility index (Phi) is 4.30. The predicted molar refractivity (Wildman–Crippen MR) is 67.2 cm³/mol. The van der Waals surface area contributed by atoms with Gasteiger partial charge in [-0.15, -0.1) is 0 Å². The summed E-state index contributed by atoms with van der Waals surface area (Å²) >= 11 is 0. The first kappa shape index (κ1) is 13.3. The molecule has 4 nitrogen and oxygen atoms in total. The minimum Gasteiger partial charge on any atom is -0.467 e. The zero-order valence-corrected chi connectivity index (χ0v) is 10.4. The molecule has 0 aliphatic rings. The van der Waals surface area contributed by atoms with Gasteiger partial charge < -0.3 is 14.5 Å². The summed E-state index contributed by atoms with van der Waals surface area (Å²) in [5.41, 5.74) is 0.0109. The summed E-state index contributed by atoms with van der Waals surface area (Å²) in [6.07, 6.45) is 1.13. The fourth-order valence-corrected chi connectivity index (χ4v) is 1.70. The first-order chi connectivity index (χ1) is 9.22. The Morgan fingerprint density at radius 3 is 2.79 bits per heavy atom. The second kappa shape index (κ2) is 6.15. The van der Waals surface area contributed by atoms with Gasteiger partial charge in [0.2, 0.25) is 0 Å². The average Bonchev–Trinajstić information content (AvgIpc) is 2.94. The standard InChI is InChI=1S/C14H14FNO3/c1-18-13(12-7-4-8-19-12)9-16-14(17)10-5-2-3-6-11(10)15/h2-8,13H,9H2,1H3,(H,16,17)/t13-/m0/s1. The second-order valence-corrected chi connectivity index (χ2v) is 3.93. The number of methoxy groups -OCH3 is 1. The first-order valence-electron chi connectivity index (χ1n) is 5.81. The van der Waals surface area contributed by atoms with Gasteiger partial charge in [0.25, 0.3) is 5.91 Å². The van der Waals surface area contributed by atoms with E-state index in [0.717, 1.165) is 0 Å². The van der Waals surface area contributed by atoms with Crippen molar-refractivity contribution in [2.45, 2.75) is 6.10 Å². The fourth-order valence-electron chi connectivity index (χ4n) is 1.70. The topological polar surface area (TPSA) is 51.5 Å². The highest BCUT2D eigenvalue weighted by Crippen LogP contribution is 2.16. The minimum atomic E-state index is -0.549. The molecule has 1 aromatic carbocycles. The number of nitrogens with one attached hydrogen (secondary N) is 1. The summed E-state index contributed by atoms with van der Waals surface area (Å²) in [4.78, 5) is 11.8. The molecule has 0 spiro atoms. The van der Waals surface area contributed by atoms with Crippen molar-refractivity contribution in [3.63, 3.8) is 0 Å². The molecule has 1 atom stereocenters. The van der Waals surface area contributed by atoms with Gasteiger partial charge in [-0.25, -0.2) is 4.39 Å². The van der Waals surface area contributed by atoms with Crippen molar-refractivity contribution in [1.82, 2.24) is 5.32 Å². The van der Waals surface area contributed by atoms with Gasteiger partial charge in [0.1, 0.15) is 17.7 Å². The van der Waals surface area contributed by atoms with Crippen LogP contribution in [-0.4, -0.2) is 19.6 Å². The molecule has 0 fully saturated rings. The highest BCUT2D eigenvalue weighted by molar-refractivity contribution is 5.94. The lowest BCUT2D eigenvalue weighted by Crippen LogP contribution is -2.29. The molecule has 0 bridgehead atoms. The Balaban J connectivity index is 1.98. The molecule has 0 saturated heterocycles. The van der Waals surface area contributed by atoms with Gasteiger partial charge in [-0.3, -0.25) is 4.79 Å². The molecule has 0 aliphatic carbocycles. The number of furan rings is 1. The molecule has 2 rings (SSSR count). The molecule has 0 saturated carbocycles. The number of ether oxygens (including phenoxy) is 1. The van der Waals surface area contributed by atoms with Crippen LogP contribution in [0.2, 0.25) is 0 Å². The Labute approximate surface area is 110 Å². The Morgan fingerprint density at radius 1 is 1.37 bits per heavy atom. The number of hydrogen-bond donors (Lipinski definition) is 1. The van der Waals surface area contributed by atoms with Crippen LogP contribution < -0.4 is 5.32 Å². The molecule has 0 radical (unpaired) electrons. The summed E-state index contributed by atoms with van der Waals surface area (Å²) < 4.78 is 23.8. The van der Waals surface area contributed by atoms with E-state index in [2.05, 4.69) is 5.32 Å². The van der Waals surface area contributed by atoms with Gasteiger partial charge in [-0.2, -0.15) is 0 Å². The van der Waals surface area contributed by atoms with Crippen molar-refractivity contribution in [3.05, 3.63) is 59.8 Å². The lowest BCUT2D eigenvalue weighted by Gasteiger charge is -2.13. The highest BCUT2D eigenvalue weighted by atomic mass is 19.1. The number of halogens is 1. The quantitative estimate of drug-likeness (QED) is 0.901. The van der Waals surface area contributed by atoms with Crippen LogP contribution in [0.5, 0.6) is 0 Å². The van der Waals surface area contributed by atoms with Crippen LogP contribution in [0.3, 0.4) is 0 Å². The van der Waals surface area contributed by atoms with E-state index in [1.165, 1.54) is 31.6 Å². The van der Waals surface area contributed by atoms with Crippen molar-refractivity contribution in [1.29, 1.82) is 0 Å². The maximum atomic E-state index is 13.4. The number of amides is 1. The van der Waals surface area contributed by atoms with Crippen LogP contribution >= 0.6 is 0 Å². The largest absolute Gasteiger partial charge is 0.467 e. The number of benzene rings is 1. The van der Waals surface area contributed by atoms with Gasteiger partial charge in [0.05, 0.1) is 18.4 Å². The Morgan fingerprint density at radius 2 is 2.16 bits per heavy atom. The van der Waals surface area contributed by atoms with E-state index in [-0.39, 0.29) is 12.1 Å². The third kappa shape index (κ3) is 3.20. The molecule has 2 aromatic rings. The van der Waals surface area contributed by atoms with Crippen molar-refractivity contribution >= 4 is 5.91 Å². The SMILES string of the molecule is CO[C@@H](CNC(=O)c1ccccc1F)c1ccco1. The molecule has 0 aliphatic heterocycles. The van der Waals surface area contributed by atoms with E-state index in [0.29, 0.717) is 5.76 Å². The summed E-state index contributed by atoms with van der Waals surface area (Å²) in [6.45, 7) is 0.206. The van der Waals surface area contributed by atoms with Gasteiger partial charge in [0, 0.05) is 7.11 Å². The molecule has 1 N–H and O–H groups in total. The molecule has 1 amide bonds. The number of rotatable bonds is 5. The van der Waals surface area contributed by atoms with Crippen LogP contribution in [0.1, 0.15) is 22.2 Å². The lowest BCUT2D eigenvalue weighted by atomic mass is 10.2. The van der Waals surface area contributed by atoms with E-state index in [1.807, 2.05) is 0 Å². The van der Waals surface area contributed by atoms with Crippen LogP contribution in [0.25, 0.3) is 0 Å². The zero-order valence-electron chi connectivity index (χ0n) is 10.4. The molecule has 5 heteroatoms. The van der Waals surface area contributed by atoms with E-state index < -0.39 is 17.8 Å². The molecule has 1 aromatic heterocycles. The van der Waals surface area contributed by atoms with Gasteiger partial charge in [-0.05, 0) is 24.3 Å². The number of hydrogen-bond acceptors (Lipinski definition) is 3. The lowest BCUT2D eigenvalue weighted by molar-refractivity contribution is 0.0736. The smallest absolute Gasteiger partial charge is 0.254 e. The van der Waals surface area contributed by atoms with Crippen molar-refractivity contribution in [3.8, 4) is 0 Å². The van der Waals surface area contributed by atoms with Crippen molar-refractivity contribution < 1.29 is 18.3 Å². The van der Waals surface area contributed by atoms with E-state index in [9.17, 15) is 9.18 Å². The number of carbonyl (C=O) groups excluding carboxylic acids is 1. The van der Waals surface area contributed by atoms with Crippen LogP contribution in [0, 0.1) is 5.82 Å². The maximum Gasteiger partial charge on any atom is 0.254 e. The molecular formula is C14H14FNO3. The predicted octanol–water partition coefficient (Wildman–Crippen LogP) is 2.54. The van der Waals surface area contributed by atoms with Crippen molar-refractivity contribution in [2.24, 2.45) is 0 Å².